The van der Waals surface area contributed by atoms with Crippen LogP contribution < -0.4 is 9.75 Å². The van der Waals surface area contributed by atoms with Gasteiger partial charge in [0.2, 0.25) is 0 Å². The number of amides is 1. The molecule has 5 aromatic carbocycles. The number of benzene rings is 5. The van der Waals surface area contributed by atoms with Gasteiger partial charge in [0.05, 0.1) is 16.9 Å². The number of anilines is 1. The molecule has 6 nitrogen and oxygen atoms in total. The summed E-state index contributed by atoms with van der Waals surface area (Å²) in [6, 6.07) is 45.5. The van der Waals surface area contributed by atoms with E-state index in [1.54, 1.807) is 0 Å². The van der Waals surface area contributed by atoms with Crippen LogP contribution in [0.5, 0.6) is 5.75 Å². The maximum atomic E-state index is 14.0. The van der Waals surface area contributed by atoms with Crippen molar-refractivity contribution in [1.29, 1.82) is 0 Å². The molecule has 7 rings (SSSR count). The van der Waals surface area contributed by atoms with Gasteiger partial charge in [-0.1, -0.05) is 109 Å². The maximum absolute atomic E-state index is 14.0. The van der Waals surface area contributed by atoms with Crippen LogP contribution in [0.1, 0.15) is 22.3 Å². The summed E-state index contributed by atoms with van der Waals surface area (Å²) in [5, 5.41) is 11.3. The number of rotatable bonds is 8. The van der Waals surface area contributed by atoms with E-state index in [9.17, 15) is 4.79 Å². The zero-order chi connectivity index (χ0) is 30.6. The van der Waals surface area contributed by atoms with E-state index < -0.39 is 0 Å². The van der Waals surface area contributed by atoms with E-state index in [0.717, 1.165) is 39.4 Å². The SMILES string of the molecule is Cc1ccc(COc2cccc(-c3nn(-c4ccccc4)cc3C=C3C(=O)N(c4ccccc4)N=C3c3ccccc3)c2)cc1. The Hall–Kier alpha value is -6.01. The molecular formula is C39H30N4O2. The Bertz CT molecular complexity index is 2010. The van der Waals surface area contributed by atoms with Crippen LogP contribution in [0.3, 0.4) is 0 Å². The summed E-state index contributed by atoms with van der Waals surface area (Å²) < 4.78 is 8.03. The fourth-order valence-electron chi connectivity index (χ4n) is 5.27. The van der Waals surface area contributed by atoms with Crippen LogP contribution in [0.2, 0.25) is 0 Å². The number of aromatic nitrogens is 2. The van der Waals surface area contributed by atoms with Crippen LogP contribution in [0.25, 0.3) is 23.0 Å². The van der Waals surface area contributed by atoms with Gasteiger partial charge >= 0.3 is 0 Å². The quantitative estimate of drug-likeness (QED) is 0.169. The van der Waals surface area contributed by atoms with E-state index in [0.29, 0.717) is 23.6 Å². The van der Waals surface area contributed by atoms with Crippen molar-refractivity contribution in [1.82, 2.24) is 9.78 Å². The molecule has 0 bridgehead atoms. The Labute approximate surface area is 262 Å². The standard InChI is InChI=1S/C39H30N4O2/c1-28-20-22-29(23-21-28)27-45-35-19-11-14-31(24-35)37-32(26-42(40-37)33-15-7-3-8-16-33)25-36-38(30-12-5-2-6-13-30)41-43(39(36)44)34-17-9-4-10-18-34/h2-26H,27H2,1H3. The van der Waals surface area contributed by atoms with Crippen LogP contribution in [0.15, 0.2) is 156 Å². The summed E-state index contributed by atoms with van der Waals surface area (Å²) in [5.41, 5.74) is 8.28. The van der Waals surface area contributed by atoms with Gasteiger partial charge in [0.25, 0.3) is 5.91 Å². The second-order valence-electron chi connectivity index (χ2n) is 10.8. The summed E-state index contributed by atoms with van der Waals surface area (Å²) >= 11 is 0. The summed E-state index contributed by atoms with van der Waals surface area (Å²) in [6.07, 6.45) is 3.86. The highest BCUT2D eigenvalue weighted by atomic mass is 16.5. The number of carbonyl (C=O) groups is 1. The summed E-state index contributed by atoms with van der Waals surface area (Å²) in [7, 11) is 0. The highest BCUT2D eigenvalue weighted by molar-refractivity contribution is 6.37. The third-order valence-corrected chi connectivity index (χ3v) is 7.62. The molecule has 0 radical (unpaired) electrons. The van der Waals surface area contributed by atoms with Gasteiger partial charge in [0.15, 0.2) is 0 Å². The normalized spacial score (nSPS) is 13.7. The molecule has 218 valence electrons. The lowest BCUT2D eigenvalue weighted by Gasteiger charge is -2.11. The van der Waals surface area contributed by atoms with E-state index in [1.165, 1.54) is 10.6 Å². The highest BCUT2D eigenvalue weighted by Gasteiger charge is 2.32. The largest absolute Gasteiger partial charge is 0.489 e. The van der Waals surface area contributed by atoms with E-state index >= 15 is 0 Å². The Kier molecular flexibility index (Phi) is 7.60. The topological polar surface area (TPSA) is 59.7 Å². The molecule has 1 amide bonds. The molecule has 0 spiro atoms. The lowest BCUT2D eigenvalue weighted by Crippen LogP contribution is -2.21. The number of hydrazone groups is 1. The Balaban J connectivity index is 1.31. The third kappa shape index (κ3) is 5.94. The summed E-state index contributed by atoms with van der Waals surface area (Å²) in [6.45, 7) is 2.53. The molecule has 1 aliphatic heterocycles. The predicted octanol–water partition coefficient (Wildman–Crippen LogP) is 8.26. The van der Waals surface area contributed by atoms with Crippen molar-refractivity contribution in [3.63, 3.8) is 0 Å². The first-order chi connectivity index (χ1) is 22.1. The van der Waals surface area contributed by atoms with Gasteiger partial charge in [-0.3, -0.25) is 4.79 Å². The zero-order valence-corrected chi connectivity index (χ0v) is 24.7. The van der Waals surface area contributed by atoms with E-state index in [-0.39, 0.29) is 5.91 Å². The number of para-hydroxylation sites is 2. The number of aryl methyl sites for hydroxylation is 1. The van der Waals surface area contributed by atoms with Crippen LogP contribution in [-0.2, 0) is 11.4 Å². The molecule has 0 N–H and O–H groups in total. The minimum Gasteiger partial charge on any atom is -0.489 e. The van der Waals surface area contributed by atoms with Crippen molar-refractivity contribution in [2.24, 2.45) is 5.10 Å². The molecule has 0 saturated heterocycles. The molecule has 0 unspecified atom stereocenters. The second-order valence-corrected chi connectivity index (χ2v) is 10.8. The van der Waals surface area contributed by atoms with Crippen molar-refractivity contribution in [2.45, 2.75) is 13.5 Å². The summed E-state index contributed by atoms with van der Waals surface area (Å²) in [5.74, 6) is 0.535. The molecule has 0 atom stereocenters. The van der Waals surface area contributed by atoms with Crippen LogP contribution >= 0.6 is 0 Å². The molecule has 0 fully saturated rings. The van der Waals surface area contributed by atoms with E-state index in [4.69, 9.17) is 14.9 Å². The minimum absolute atomic E-state index is 0.200. The smallest absolute Gasteiger partial charge is 0.281 e. The number of hydrogen-bond acceptors (Lipinski definition) is 4. The van der Waals surface area contributed by atoms with Crippen molar-refractivity contribution in [3.8, 4) is 22.7 Å². The van der Waals surface area contributed by atoms with Gasteiger partial charge < -0.3 is 4.74 Å². The lowest BCUT2D eigenvalue weighted by molar-refractivity contribution is -0.114. The van der Waals surface area contributed by atoms with Crippen molar-refractivity contribution < 1.29 is 9.53 Å². The van der Waals surface area contributed by atoms with E-state index in [2.05, 4.69) is 31.2 Å². The molecule has 45 heavy (non-hydrogen) atoms. The minimum atomic E-state index is -0.200. The van der Waals surface area contributed by atoms with E-state index in [1.807, 2.05) is 132 Å². The van der Waals surface area contributed by atoms with Crippen LogP contribution in [0, 0.1) is 6.92 Å². The Morgan fingerprint density at radius 1 is 0.711 bits per heavy atom. The molecule has 0 aliphatic carbocycles. The zero-order valence-electron chi connectivity index (χ0n) is 24.7. The number of hydrogen-bond donors (Lipinski definition) is 0. The first-order valence-electron chi connectivity index (χ1n) is 14.8. The molecule has 6 aromatic rings. The van der Waals surface area contributed by atoms with Gasteiger partial charge in [0.1, 0.15) is 23.8 Å². The molecule has 6 heteroatoms. The molecule has 1 aliphatic rings. The van der Waals surface area contributed by atoms with Crippen molar-refractivity contribution in [2.75, 3.05) is 5.01 Å². The van der Waals surface area contributed by atoms with Gasteiger partial charge in [-0.25, -0.2) is 4.68 Å². The fraction of sp³-hybridized carbons (Fsp3) is 0.0513. The first-order valence-corrected chi connectivity index (χ1v) is 14.8. The van der Waals surface area contributed by atoms with Gasteiger partial charge in [-0.2, -0.15) is 15.2 Å². The average Bonchev–Trinajstić information content (AvgIpc) is 3.67. The average molecular weight is 587 g/mol. The molecular weight excluding hydrogens is 556 g/mol. The highest BCUT2D eigenvalue weighted by Crippen LogP contribution is 2.32. The third-order valence-electron chi connectivity index (χ3n) is 7.62. The molecule has 1 aromatic heterocycles. The Morgan fingerprint density at radius 3 is 2.07 bits per heavy atom. The van der Waals surface area contributed by atoms with Crippen molar-refractivity contribution in [3.05, 3.63) is 174 Å². The van der Waals surface area contributed by atoms with Gasteiger partial charge in [0, 0.05) is 22.9 Å². The van der Waals surface area contributed by atoms with Crippen LogP contribution in [-0.4, -0.2) is 21.4 Å². The van der Waals surface area contributed by atoms with Gasteiger partial charge in [-0.15, -0.1) is 0 Å². The maximum Gasteiger partial charge on any atom is 0.281 e. The lowest BCUT2D eigenvalue weighted by atomic mass is 9.99. The monoisotopic (exact) mass is 586 g/mol. The Morgan fingerprint density at radius 2 is 1.36 bits per heavy atom. The fourth-order valence-corrected chi connectivity index (χ4v) is 5.27. The molecule has 2 heterocycles. The van der Waals surface area contributed by atoms with Crippen molar-refractivity contribution >= 4 is 23.4 Å². The predicted molar refractivity (Wildman–Crippen MR) is 179 cm³/mol. The first kappa shape index (κ1) is 27.8. The van der Waals surface area contributed by atoms with Crippen LogP contribution in [0.4, 0.5) is 5.69 Å². The number of nitrogens with zero attached hydrogens (tertiary/aromatic N) is 4. The second kappa shape index (κ2) is 12.3. The number of carbonyl (C=O) groups excluding carboxylic acids is 1. The number of ether oxygens (including phenoxy) is 1. The molecule has 0 saturated carbocycles. The summed E-state index contributed by atoms with van der Waals surface area (Å²) in [4.78, 5) is 14.0. The van der Waals surface area contributed by atoms with Gasteiger partial charge in [-0.05, 0) is 55.0 Å².